The molecule has 0 bridgehead atoms. The van der Waals surface area contributed by atoms with Gasteiger partial charge >= 0.3 is 0 Å². The molecule has 0 spiro atoms. The number of halogens is 1. The second-order valence-corrected chi connectivity index (χ2v) is 4.87. The average Bonchev–Trinajstić information content (AvgIpc) is 2.67. The van der Waals surface area contributed by atoms with E-state index in [2.05, 4.69) is 36.8 Å². The maximum atomic E-state index is 12.2. The third-order valence-corrected chi connectivity index (χ3v) is 2.93. The molecule has 2 aromatic rings. The summed E-state index contributed by atoms with van der Waals surface area (Å²) in [4.78, 5) is 16.2. The van der Waals surface area contributed by atoms with Gasteiger partial charge in [0.15, 0.2) is 5.82 Å². The number of carbonyl (C=O) groups excluding carboxylic acids is 1. The number of pyridine rings is 1. The predicted octanol–water partition coefficient (Wildman–Crippen LogP) is 1.42. The lowest BCUT2D eigenvalue weighted by atomic mass is 10.2. The van der Waals surface area contributed by atoms with E-state index in [1.165, 1.54) is 0 Å². The first-order chi connectivity index (χ1) is 9.01. The van der Waals surface area contributed by atoms with Crippen molar-refractivity contribution in [3.63, 3.8) is 0 Å². The van der Waals surface area contributed by atoms with Gasteiger partial charge < -0.3 is 10.7 Å². The van der Waals surface area contributed by atoms with E-state index in [0.717, 1.165) is 5.69 Å². The summed E-state index contributed by atoms with van der Waals surface area (Å²) in [5, 5.41) is 6.93. The first-order valence-corrected chi connectivity index (χ1v) is 6.24. The van der Waals surface area contributed by atoms with Crippen molar-refractivity contribution in [2.45, 2.75) is 6.92 Å². The van der Waals surface area contributed by atoms with E-state index >= 15 is 0 Å². The Hall–Kier alpha value is -1.93. The summed E-state index contributed by atoms with van der Waals surface area (Å²) >= 11 is 3.27. The molecule has 4 N–H and O–H groups in total. The first kappa shape index (κ1) is 13.5. The molecule has 0 aliphatic carbocycles. The van der Waals surface area contributed by atoms with Crippen molar-refractivity contribution in [3.05, 3.63) is 34.2 Å². The van der Waals surface area contributed by atoms with Gasteiger partial charge in [0.1, 0.15) is 0 Å². The highest BCUT2D eigenvalue weighted by Crippen LogP contribution is 2.20. The van der Waals surface area contributed by atoms with Gasteiger partial charge in [0, 0.05) is 23.9 Å². The zero-order chi connectivity index (χ0) is 14.0. The normalized spacial score (nSPS) is 10.3. The number of nitrogen functional groups attached to an aromatic ring is 1. The van der Waals surface area contributed by atoms with Gasteiger partial charge in [-0.15, -0.1) is 0 Å². The van der Waals surface area contributed by atoms with Gasteiger partial charge in [0.2, 0.25) is 0 Å². The number of nitrogens with zero attached hydrogens (tertiary/aromatic N) is 3. The number of anilines is 2. The summed E-state index contributed by atoms with van der Waals surface area (Å²) in [5.74, 6) is 5.34. The Kier molecular flexibility index (Phi) is 3.82. The number of nitrogens with one attached hydrogen (secondary N) is 2. The molecule has 1 amide bonds. The van der Waals surface area contributed by atoms with E-state index in [-0.39, 0.29) is 5.91 Å². The van der Waals surface area contributed by atoms with E-state index < -0.39 is 0 Å². The molecular weight excluding hydrogens is 312 g/mol. The molecule has 0 atom stereocenters. The number of nitrogens with two attached hydrogens (primary N) is 1. The van der Waals surface area contributed by atoms with E-state index in [4.69, 9.17) is 5.84 Å². The van der Waals surface area contributed by atoms with Gasteiger partial charge in [-0.05, 0) is 28.9 Å². The fourth-order valence-electron chi connectivity index (χ4n) is 1.64. The second kappa shape index (κ2) is 5.37. The molecule has 2 heterocycles. The SMILES string of the molecule is Cc1nn(C)cc1NC(=O)c1cc(Br)cnc1NN. The summed E-state index contributed by atoms with van der Waals surface area (Å²) in [5.41, 5.74) is 4.13. The lowest BCUT2D eigenvalue weighted by Gasteiger charge is -2.08. The Balaban J connectivity index is 2.29. The molecule has 7 nitrogen and oxygen atoms in total. The fourth-order valence-corrected chi connectivity index (χ4v) is 1.97. The molecule has 0 aromatic carbocycles. The topological polar surface area (TPSA) is 97.9 Å². The maximum Gasteiger partial charge on any atom is 0.259 e. The number of hydrogen-bond acceptors (Lipinski definition) is 5. The van der Waals surface area contributed by atoms with E-state index in [0.29, 0.717) is 21.5 Å². The zero-order valence-electron chi connectivity index (χ0n) is 10.4. The monoisotopic (exact) mass is 324 g/mol. The maximum absolute atomic E-state index is 12.2. The minimum absolute atomic E-state index is 0.308. The van der Waals surface area contributed by atoms with Gasteiger partial charge in [-0.1, -0.05) is 0 Å². The minimum atomic E-state index is -0.308. The summed E-state index contributed by atoms with van der Waals surface area (Å²) < 4.78 is 2.33. The Bertz CT molecular complexity index is 624. The number of hydrazine groups is 1. The van der Waals surface area contributed by atoms with Crippen LogP contribution in [0.2, 0.25) is 0 Å². The Morgan fingerprint density at radius 3 is 2.84 bits per heavy atom. The van der Waals surface area contributed by atoms with E-state index in [1.807, 2.05) is 6.92 Å². The molecule has 0 saturated carbocycles. The minimum Gasteiger partial charge on any atom is -0.319 e. The lowest BCUT2D eigenvalue weighted by Crippen LogP contribution is -2.18. The van der Waals surface area contributed by atoms with Gasteiger partial charge in [0.25, 0.3) is 5.91 Å². The molecule has 0 aliphatic rings. The van der Waals surface area contributed by atoms with Gasteiger partial charge in [-0.25, -0.2) is 10.8 Å². The highest BCUT2D eigenvalue weighted by Gasteiger charge is 2.15. The number of hydrogen-bond donors (Lipinski definition) is 3. The smallest absolute Gasteiger partial charge is 0.259 e. The van der Waals surface area contributed by atoms with Crippen LogP contribution < -0.4 is 16.6 Å². The van der Waals surface area contributed by atoms with Gasteiger partial charge in [0.05, 0.1) is 16.9 Å². The molecule has 0 saturated heterocycles. The average molecular weight is 325 g/mol. The predicted molar refractivity (Wildman–Crippen MR) is 75.6 cm³/mol. The van der Waals surface area contributed by atoms with Crippen molar-refractivity contribution in [3.8, 4) is 0 Å². The van der Waals surface area contributed by atoms with Crippen LogP contribution in [0.25, 0.3) is 0 Å². The largest absolute Gasteiger partial charge is 0.319 e. The van der Waals surface area contributed by atoms with Crippen LogP contribution in [-0.4, -0.2) is 20.7 Å². The molecule has 19 heavy (non-hydrogen) atoms. The molecule has 0 fully saturated rings. The number of aromatic nitrogens is 3. The molecule has 0 unspecified atom stereocenters. The highest BCUT2D eigenvalue weighted by molar-refractivity contribution is 9.10. The third kappa shape index (κ3) is 2.91. The molecular formula is C11H13BrN6O. The van der Waals surface area contributed by atoms with Crippen molar-refractivity contribution in [2.75, 3.05) is 10.7 Å². The van der Waals surface area contributed by atoms with Crippen molar-refractivity contribution >= 4 is 33.3 Å². The van der Waals surface area contributed by atoms with Crippen LogP contribution in [0.3, 0.4) is 0 Å². The molecule has 0 aliphatic heterocycles. The van der Waals surface area contributed by atoms with Crippen LogP contribution in [0.4, 0.5) is 11.5 Å². The van der Waals surface area contributed by atoms with Crippen molar-refractivity contribution < 1.29 is 4.79 Å². The third-order valence-electron chi connectivity index (χ3n) is 2.50. The van der Waals surface area contributed by atoms with Crippen LogP contribution in [-0.2, 0) is 7.05 Å². The number of amides is 1. The summed E-state index contributed by atoms with van der Waals surface area (Å²) in [7, 11) is 1.79. The highest BCUT2D eigenvalue weighted by atomic mass is 79.9. The van der Waals surface area contributed by atoms with E-state index in [9.17, 15) is 4.79 Å². The molecule has 8 heteroatoms. The fraction of sp³-hybridized carbons (Fsp3) is 0.182. The van der Waals surface area contributed by atoms with Crippen LogP contribution in [0.5, 0.6) is 0 Å². The quantitative estimate of drug-likeness (QED) is 0.586. The lowest BCUT2D eigenvalue weighted by molar-refractivity contribution is 0.102. The summed E-state index contributed by atoms with van der Waals surface area (Å²) in [6.45, 7) is 1.82. The summed E-state index contributed by atoms with van der Waals surface area (Å²) in [6, 6.07) is 1.64. The van der Waals surface area contributed by atoms with Crippen LogP contribution in [0.1, 0.15) is 16.1 Å². The number of carbonyl (C=O) groups is 1. The van der Waals surface area contributed by atoms with Crippen molar-refractivity contribution in [1.29, 1.82) is 0 Å². The summed E-state index contributed by atoms with van der Waals surface area (Å²) in [6.07, 6.45) is 3.29. The Labute approximate surface area is 118 Å². The Morgan fingerprint density at radius 2 is 2.26 bits per heavy atom. The van der Waals surface area contributed by atoms with Crippen molar-refractivity contribution in [1.82, 2.24) is 14.8 Å². The molecule has 100 valence electrons. The molecule has 0 radical (unpaired) electrons. The van der Waals surface area contributed by atoms with Crippen LogP contribution >= 0.6 is 15.9 Å². The molecule has 2 aromatic heterocycles. The number of aryl methyl sites for hydroxylation is 2. The second-order valence-electron chi connectivity index (χ2n) is 3.95. The molecule has 2 rings (SSSR count). The van der Waals surface area contributed by atoms with Gasteiger partial charge in [-0.2, -0.15) is 5.10 Å². The van der Waals surface area contributed by atoms with E-state index in [1.54, 1.807) is 30.2 Å². The standard InChI is InChI=1S/C11H13BrN6O/c1-6-9(5-18(2)17-6)15-11(19)8-3-7(12)4-14-10(8)16-13/h3-5H,13H2,1-2H3,(H,14,16)(H,15,19). The Morgan fingerprint density at radius 1 is 1.53 bits per heavy atom. The van der Waals surface area contributed by atoms with Crippen LogP contribution in [0.15, 0.2) is 22.9 Å². The van der Waals surface area contributed by atoms with Crippen LogP contribution in [0, 0.1) is 6.92 Å². The van der Waals surface area contributed by atoms with Gasteiger partial charge in [-0.3, -0.25) is 9.48 Å². The zero-order valence-corrected chi connectivity index (χ0v) is 12.0. The van der Waals surface area contributed by atoms with Crippen molar-refractivity contribution in [2.24, 2.45) is 12.9 Å². The first-order valence-electron chi connectivity index (χ1n) is 5.45. The number of rotatable bonds is 3.